The average Bonchev–Trinajstić information content (AvgIpc) is 3.27. The molecule has 3 fully saturated rings. The highest BCUT2D eigenvalue weighted by Crippen LogP contribution is 2.35. The van der Waals surface area contributed by atoms with Crippen LogP contribution in [0.1, 0.15) is 51.9 Å². The summed E-state index contributed by atoms with van der Waals surface area (Å²) in [5, 5.41) is 3.46. The second-order valence-electron chi connectivity index (χ2n) is 6.70. The molecule has 114 valence electrons. The van der Waals surface area contributed by atoms with E-state index in [0.29, 0.717) is 12.6 Å². The lowest BCUT2D eigenvalue weighted by molar-refractivity contribution is -0.146. The molecule has 4 nitrogen and oxygen atoms in total. The van der Waals surface area contributed by atoms with Gasteiger partial charge in [-0.3, -0.25) is 4.79 Å². The summed E-state index contributed by atoms with van der Waals surface area (Å²) in [6.07, 6.45) is 8.85. The topological polar surface area (TPSA) is 41.6 Å². The van der Waals surface area contributed by atoms with Crippen molar-refractivity contribution in [3.05, 3.63) is 0 Å². The molecule has 0 bridgehead atoms. The molecule has 1 unspecified atom stereocenters. The summed E-state index contributed by atoms with van der Waals surface area (Å²) in [5.74, 6) is 0.884. The number of carbonyl (C=O) groups is 1. The third-order valence-corrected chi connectivity index (χ3v) is 4.54. The Labute approximate surface area is 122 Å². The Kier molecular flexibility index (Phi) is 4.61. The Morgan fingerprint density at radius 3 is 2.55 bits per heavy atom. The molecule has 0 heterocycles. The van der Waals surface area contributed by atoms with E-state index in [-0.39, 0.29) is 12.0 Å². The van der Waals surface area contributed by atoms with Crippen molar-refractivity contribution in [1.29, 1.82) is 0 Å². The van der Waals surface area contributed by atoms with Crippen molar-refractivity contribution in [2.75, 3.05) is 19.7 Å². The van der Waals surface area contributed by atoms with E-state index in [1.165, 1.54) is 45.1 Å². The van der Waals surface area contributed by atoms with E-state index in [1.807, 2.05) is 6.92 Å². The van der Waals surface area contributed by atoms with Crippen LogP contribution in [0.5, 0.6) is 0 Å². The molecule has 0 aliphatic heterocycles. The summed E-state index contributed by atoms with van der Waals surface area (Å²) in [5.41, 5.74) is 0. The van der Waals surface area contributed by atoms with Crippen molar-refractivity contribution in [3.63, 3.8) is 0 Å². The van der Waals surface area contributed by atoms with Crippen molar-refractivity contribution in [1.82, 2.24) is 10.2 Å². The molecule has 20 heavy (non-hydrogen) atoms. The third kappa shape index (κ3) is 4.45. The summed E-state index contributed by atoms with van der Waals surface area (Å²) in [7, 11) is 0. The first kappa shape index (κ1) is 14.3. The fourth-order valence-corrected chi connectivity index (χ4v) is 2.84. The van der Waals surface area contributed by atoms with Crippen molar-refractivity contribution in [2.24, 2.45) is 5.92 Å². The van der Waals surface area contributed by atoms with Crippen LogP contribution in [0, 0.1) is 5.92 Å². The Morgan fingerprint density at radius 1 is 1.25 bits per heavy atom. The molecule has 1 N–H and O–H groups in total. The molecular weight excluding hydrogens is 252 g/mol. The van der Waals surface area contributed by atoms with Crippen LogP contribution in [-0.2, 0) is 9.53 Å². The fourth-order valence-electron chi connectivity index (χ4n) is 2.84. The lowest BCUT2D eigenvalue weighted by Crippen LogP contribution is -2.42. The summed E-state index contributed by atoms with van der Waals surface area (Å²) in [4.78, 5) is 14.7. The number of hydrogen-bond acceptors (Lipinski definition) is 4. The highest BCUT2D eigenvalue weighted by molar-refractivity contribution is 5.75. The van der Waals surface area contributed by atoms with Crippen LogP contribution in [0.25, 0.3) is 0 Å². The van der Waals surface area contributed by atoms with Gasteiger partial charge in [0.2, 0.25) is 0 Å². The minimum Gasteiger partial charge on any atom is -0.465 e. The number of nitrogens with zero attached hydrogens (tertiary/aromatic N) is 1. The lowest BCUT2D eigenvalue weighted by Gasteiger charge is -2.25. The van der Waals surface area contributed by atoms with Gasteiger partial charge in [0.1, 0.15) is 6.04 Å². The number of carbonyl (C=O) groups excluding carboxylic acids is 1. The Balaban J connectivity index is 1.46. The molecule has 4 heteroatoms. The molecule has 3 aliphatic carbocycles. The van der Waals surface area contributed by atoms with Gasteiger partial charge in [-0.2, -0.15) is 0 Å². The lowest BCUT2D eigenvalue weighted by atomic mass is 10.2. The summed E-state index contributed by atoms with van der Waals surface area (Å²) < 4.78 is 5.21. The quantitative estimate of drug-likeness (QED) is 0.621. The highest BCUT2D eigenvalue weighted by atomic mass is 16.5. The van der Waals surface area contributed by atoms with Gasteiger partial charge in [0.15, 0.2) is 0 Å². The van der Waals surface area contributed by atoms with Gasteiger partial charge in [-0.25, -0.2) is 0 Å². The highest BCUT2D eigenvalue weighted by Gasteiger charge is 2.35. The Hall–Kier alpha value is -0.610. The van der Waals surface area contributed by atoms with Gasteiger partial charge < -0.3 is 15.0 Å². The molecule has 3 saturated carbocycles. The van der Waals surface area contributed by atoms with Crippen LogP contribution >= 0.6 is 0 Å². The molecule has 0 radical (unpaired) electrons. The molecular formula is C16H28N2O2. The van der Waals surface area contributed by atoms with Gasteiger partial charge >= 0.3 is 5.97 Å². The van der Waals surface area contributed by atoms with Gasteiger partial charge in [-0.05, 0) is 57.8 Å². The molecule has 0 aromatic heterocycles. The van der Waals surface area contributed by atoms with Gasteiger partial charge in [0, 0.05) is 25.2 Å². The van der Waals surface area contributed by atoms with Crippen molar-refractivity contribution >= 4 is 5.97 Å². The minimum absolute atomic E-state index is 0.0541. The van der Waals surface area contributed by atoms with E-state index in [9.17, 15) is 4.79 Å². The fraction of sp³-hybridized carbons (Fsp3) is 0.938. The van der Waals surface area contributed by atoms with Crippen molar-refractivity contribution in [3.8, 4) is 0 Å². The third-order valence-electron chi connectivity index (χ3n) is 4.54. The average molecular weight is 280 g/mol. The van der Waals surface area contributed by atoms with Gasteiger partial charge in [0.25, 0.3) is 0 Å². The Bertz CT molecular complexity index is 335. The maximum atomic E-state index is 12.0. The number of ether oxygens (including phenoxy) is 1. The van der Waals surface area contributed by atoms with Gasteiger partial charge in [-0.1, -0.05) is 0 Å². The van der Waals surface area contributed by atoms with E-state index < -0.39 is 0 Å². The molecule has 0 amide bonds. The second-order valence-corrected chi connectivity index (χ2v) is 6.70. The van der Waals surface area contributed by atoms with Crippen LogP contribution in [0.2, 0.25) is 0 Å². The number of rotatable bonds is 10. The van der Waals surface area contributed by atoms with Crippen molar-refractivity contribution in [2.45, 2.75) is 70.0 Å². The Morgan fingerprint density at radius 2 is 2.00 bits per heavy atom. The normalized spacial score (nSPS) is 23.9. The van der Waals surface area contributed by atoms with E-state index in [2.05, 4.69) is 10.2 Å². The SMILES string of the molecule is CCOC(=O)C(CCN(CC1CC1)C1CC1)NC1CC1. The number of nitrogens with one attached hydrogen (secondary N) is 1. The van der Waals surface area contributed by atoms with Crippen LogP contribution < -0.4 is 5.32 Å². The largest absolute Gasteiger partial charge is 0.465 e. The molecule has 3 aliphatic rings. The van der Waals surface area contributed by atoms with Crippen LogP contribution in [-0.4, -0.2) is 48.7 Å². The number of hydrogen-bond donors (Lipinski definition) is 1. The zero-order valence-corrected chi connectivity index (χ0v) is 12.6. The molecule has 0 saturated heterocycles. The molecule has 0 spiro atoms. The first-order valence-corrected chi connectivity index (χ1v) is 8.43. The molecule has 0 aromatic rings. The minimum atomic E-state index is -0.0945. The number of esters is 1. The zero-order valence-electron chi connectivity index (χ0n) is 12.6. The summed E-state index contributed by atoms with van der Waals surface area (Å²) >= 11 is 0. The smallest absolute Gasteiger partial charge is 0.323 e. The van der Waals surface area contributed by atoms with Crippen molar-refractivity contribution < 1.29 is 9.53 Å². The summed E-state index contributed by atoms with van der Waals surface area (Å²) in [6.45, 7) is 4.67. The first-order chi connectivity index (χ1) is 9.76. The standard InChI is InChI=1S/C16H28N2O2/c1-2-20-16(19)15(17-13-5-6-13)9-10-18(14-7-8-14)11-12-3-4-12/h12-15,17H,2-11H2,1H3. The van der Waals surface area contributed by atoms with Gasteiger partial charge in [0.05, 0.1) is 6.61 Å². The molecule has 0 aromatic carbocycles. The van der Waals surface area contributed by atoms with E-state index in [1.54, 1.807) is 0 Å². The van der Waals surface area contributed by atoms with Crippen LogP contribution in [0.3, 0.4) is 0 Å². The molecule has 1 atom stereocenters. The maximum Gasteiger partial charge on any atom is 0.323 e. The van der Waals surface area contributed by atoms with E-state index >= 15 is 0 Å². The summed E-state index contributed by atoms with van der Waals surface area (Å²) in [6, 6.07) is 1.27. The van der Waals surface area contributed by atoms with Crippen LogP contribution in [0.4, 0.5) is 0 Å². The predicted octanol–water partition coefficient (Wildman–Crippen LogP) is 1.93. The predicted molar refractivity (Wildman–Crippen MR) is 78.5 cm³/mol. The van der Waals surface area contributed by atoms with E-state index in [0.717, 1.165) is 24.9 Å². The molecule has 3 rings (SSSR count). The van der Waals surface area contributed by atoms with E-state index in [4.69, 9.17) is 4.74 Å². The van der Waals surface area contributed by atoms with Crippen LogP contribution in [0.15, 0.2) is 0 Å². The first-order valence-electron chi connectivity index (χ1n) is 8.43. The van der Waals surface area contributed by atoms with Gasteiger partial charge in [-0.15, -0.1) is 0 Å². The second kappa shape index (κ2) is 6.44. The maximum absolute atomic E-state index is 12.0. The monoisotopic (exact) mass is 280 g/mol. The zero-order chi connectivity index (χ0) is 13.9.